The van der Waals surface area contributed by atoms with E-state index in [1.807, 2.05) is 0 Å². The molecule has 0 aromatic carbocycles. The number of carboxylic acid groups (broad SMARTS) is 1. The Morgan fingerprint density at radius 3 is 2.32 bits per heavy atom. The molecule has 0 radical (unpaired) electrons. The molecule has 0 spiro atoms. The summed E-state index contributed by atoms with van der Waals surface area (Å²) in [5.74, 6) is -1.24. The number of ether oxygens (including phenoxy) is 1. The van der Waals surface area contributed by atoms with Gasteiger partial charge in [0.05, 0.1) is 12.5 Å². The molecular formula is C11H21N3O5. The van der Waals surface area contributed by atoms with E-state index in [4.69, 9.17) is 9.84 Å². The number of nitrogens with one attached hydrogen (secondary N) is 2. The van der Waals surface area contributed by atoms with Gasteiger partial charge in [-0.15, -0.1) is 0 Å². The van der Waals surface area contributed by atoms with Gasteiger partial charge in [-0.3, -0.25) is 9.59 Å². The quantitative estimate of drug-likeness (QED) is 0.566. The van der Waals surface area contributed by atoms with Gasteiger partial charge in [-0.05, 0) is 6.92 Å². The minimum atomic E-state index is -1.01. The van der Waals surface area contributed by atoms with E-state index in [0.717, 1.165) is 0 Å². The van der Waals surface area contributed by atoms with Crippen LogP contribution in [-0.2, 0) is 14.3 Å². The Hall–Kier alpha value is -1.83. The Labute approximate surface area is 112 Å². The van der Waals surface area contributed by atoms with E-state index < -0.39 is 24.1 Å². The topological polar surface area (TPSA) is 108 Å². The highest BCUT2D eigenvalue weighted by Gasteiger charge is 2.18. The van der Waals surface area contributed by atoms with E-state index in [1.54, 1.807) is 21.0 Å². The fourth-order valence-corrected chi connectivity index (χ4v) is 1.34. The van der Waals surface area contributed by atoms with Crippen LogP contribution >= 0.6 is 0 Å². The first kappa shape index (κ1) is 17.2. The molecule has 0 rings (SSSR count). The van der Waals surface area contributed by atoms with Gasteiger partial charge >= 0.3 is 12.0 Å². The lowest BCUT2D eigenvalue weighted by Crippen LogP contribution is -2.49. The number of hydrogen-bond acceptors (Lipinski definition) is 4. The van der Waals surface area contributed by atoms with Crippen LogP contribution in [0.1, 0.15) is 13.3 Å². The van der Waals surface area contributed by atoms with E-state index in [2.05, 4.69) is 10.6 Å². The zero-order valence-corrected chi connectivity index (χ0v) is 11.6. The predicted octanol–water partition coefficient (Wildman–Crippen LogP) is -0.748. The maximum absolute atomic E-state index is 11.5. The number of urea groups is 1. The van der Waals surface area contributed by atoms with Crippen molar-refractivity contribution in [2.24, 2.45) is 0 Å². The van der Waals surface area contributed by atoms with Gasteiger partial charge in [0, 0.05) is 27.7 Å². The van der Waals surface area contributed by atoms with Gasteiger partial charge in [0.25, 0.3) is 0 Å². The van der Waals surface area contributed by atoms with Crippen molar-refractivity contribution in [3.63, 3.8) is 0 Å². The third-order valence-corrected chi connectivity index (χ3v) is 2.38. The van der Waals surface area contributed by atoms with Crippen LogP contribution in [0, 0.1) is 0 Å². The minimum Gasteiger partial charge on any atom is -0.481 e. The molecule has 0 aromatic heterocycles. The lowest BCUT2D eigenvalue weighted by Gasteiger charge is -2.19. The number of carboxylic acids is 1. The summed E-state index contributed by atoms with van der Waals surface area (Å²) < 4.78 is 4.90. The maximum Gasteiger partial charge on any atom is 0.315 e. The Morgan fingerprint density at radius 2 is 1.89 bits per heavy atom. The van der Waals surface area contributed by atoms with Crippen LogP contribution in [-0.4, -0.2) is 67.8 Å². The van der Waals surface area contributed by atoms with Crippen molar-refractivity contribution >= 4 is 17.9 Å². The van der Waals surface area contributed by atoms with E-state index in [9.17, 15) is 14.4 Å². The third kappa shape index (κ3) is 7.24. The first-order chi connectivity index (χ1) is 8.77. The number of nitrogens with zero attached hydrogens (tertiary/aromatic N) is 1. The minimum absolute atomic E-state index is 0.0531. The standard InChI is InChI=1S/C11H21N3O5/c1-7(10(17)14(2)3)13-11(18)12-6-8(19-4)5-9(15)16/h7-8H,5-6H2,1-4H3,(H,15,16)(H2,12,13,18). The third-order valence-electron chi connectivity index (χ3n) is 2.38. The molecule has 0 bridgehead atoms. The van der Waals surface area contributed by atoms with E-state index in [0.29, 0.717) is 0 Å². The summed E-state index contributed by atoms with van der Waals surface area (Å²) in [6.07, 6.45) is -0.814. The van der Waals surface area contributed by atoms with Crippen LogP contribution < -0.4 is 10.6 Å². The molecular weight excluding hydrogens is 254 g/mol. The molecule has 0 aliphatic heterocycles. The normalized spacial score (nSPS) is 13.3. The highest BCUT2D eigenvalue weighted by molar-refractivity contribution is 5.86. The molecule has 0 aliphatic rings. The van der Waals surface area contributed by atoms with Crippen molar-refractivity contribution in [1.82, 2.24) is 15.5 Å². The van der Waals surface area contributed by atoms with Crippen LogP contribution in [0.2, 0.25) is 0 Å². The summed E-state index contributed by atoms with van der Waals surface area (Å²) in [7, 11) is 4.55. The summed E-state index contributed by atoms with van der Waals surface area (Å²) in [5, 5.41) is 13.5. The van der Waals surface area contributed by atoms with Gasteiger partial charge in [-0.2, -0.15) is 0 Å². The number of aliphatic carboxylic acids is 1. The van der Waals surface area contributed by atoms with Crippen molar-refractivity contribution in [1.29, 1.82) is 0 Å². The zero-order valence-electron chi connectivity index (χ0n) is 11.6. The second-order valence-corrected chi connectivity index (χ2v) is 4.26. The van der Waals surface area contributed by atoms with Gasteiger partial charge in [-0.1, -0.05) is 0 Å². The van der Waals surface area contributed by atoms with Gasteiger partial charge in [0.1, 0.15) is 6.04 Å². The second-order valence-electron chi connectivity index (χ2n) is 4.26. The molecule has 0 fully saturated rings. The summed E-state index contributed by atoms with van der Waals surface area (Å²) in [5.41, 5.74) is 0. The first-order valence-corrected chi connectivity index (χ1v) is 5.78. The molecule has 3 N–H and O–H groups in total. The summed E-state index contributed by atoms with van der Waals surface area (Å²) in [4.78, 5) is 34.9. The molecule has 3 amide bonds. The highest BCUT2D eigenvalue weighted by atomic mass is 16.5. The average Bonchev–Trinajstić information content (AvgIpc) is 2.32. The fraction of sp³-hybridized carbons (Fsp3) is 0.727. The Morgan fingerprint density at radius 1 is 1.32 bits per heavy atom. The predicted molar refractivity (Wildman–Crippen MR) is 67.7 cm³/mol. The summed E-state index contributed by atoms with van der Waals surface area (Å²) >= 11 is 0. The smallest absolute Gasteiger partial charge is 0.315 e. The summed E-state index contributed by atoms with van der Waals surface area (Å²) in [6, 6.07) is -1.20. The number of hydrogen-bond donors (Lipinski definition) is 3. The fourth-order valence-electron chi connectivity index (χ4n) is 1.34. The molecule has 19 heavy (non-hydrogen) atoms. The first-order valence-electron chi connectivity index (χ1n) is 5.78. The van der Waals surface area contributed by atoms with Gasteiger partial charge in [0.15, 0.2) is 0 Å². The second kappa shape index (κ2) is 8.30. The Kier molecular flexibility index (Phi) is 7.50. The van der Waals surface area contributed by atoms with Crippen molar-refractivity contribution in [3.8, 4) is 0 Å². The van der Waals surface area contributed by atoms with Gasteiger partial charge in [0.2, 0.25) is 5.91 Å². The number of carbonyl (C=O) groups excluding carboxylic acids is 2. The van der Waals surface area contributed by atoms with E-state index >= 15 is 0 Å². The van der Waals surface area contributed by atoms with E-state index in [1.165, 1.54) is 12.0 Å². The van der Waals surface area contributed by atoms with Crippen LogP contribution in [0.25, 0.3) is 0 Å². The number of carbonyl (C=O) groups is 3. The van der Waals surface area contributed by atoms with Crippen molar-refractivity contribution in [2.75, 3.05) is 27.7 Å². The molecule has 0 aliphatic carbocycles. The molecule has 2 unspecified atom stereocenters. The molecule has 8 nitrogen and oxygen atoms in total. The van der Waals surface area contributed by atoms with E-state index in [-0.39, 0.29) is 18.9 Å². The van der Waals surface area contributed by atoms with Crippen LogP contribution in [0.5, 0.6) is 0 Å². The largest absolute Gasteiger partial charge is 0.481 e. The molecule has 110 valence electrons. The Balaban J connectivity index is 4.10. The van der Waals surface area contributed by atoms with Crippen molar-refractivity contribution < 1.29 is 24.2 Å². The monoisotopic (exact) mass is 275 g/mol. The Bertz CT molecular complexity index is 332. The van der Waals surface area contributed by atoms with Gasteiger partial charge < -0.3 is 25.4 Å². The summed E-state index contributed by atoms with van der Waals surface area (Å²) in [6.45, 7) is 1.62. The molecule has 0 aromatic rings. The maximum atomic E-state index is 11.5. The highest BCUT2D eigenvalue weighted by Crippen LogP contribution is 1.95. The lowest BCUT2D eigenvalue weighted by atomic mass is 10.2. The zero-order chi connectivity index (χ0) is 15.0. The SMILES string of the molecule is COC(CNC(=O)NC(C)C(=O)N(C)C)CC(=O)O. The number of amides is 3. The molecule has 8 heteroatoms. The van der Waals surface area contributed by atoms with Crippen LogP contribution in [0.4, 0.5) is 4.79 Å². The number of likely N-dealkylation sites (N-methyl/N-ethyl adjacent to an activating group) is 1. The average molecular weight is 275 g/mol. The van der Waals surface area contributed by atoms with Crippen LogP contribution in [0.15, 0.2) is 0 Å². The van der Waals surface area contributed by atoms with Crippen molar-refractivity contribution in [3.05, 3.63) is 0 Å². The number of rotatable bonds is 7. The number of methoxy groups -OCH3 is 1. The molecule has 0 saturated heterocycles. The lowest BCUT2D eigenvalue weighted by molar-refractivity contribution is -0.139. The van der Waals surface area contributed by atoms with Crippen molar-refractivity contribution in [2.45, 2.75) is 25.5 Å². The molecule has 0 heterocycles. The van der Waals surface area contributed by atoms with Gasteiger partial charge in [-0.25, -0.2) is 4.79 Å². The molecule has 0 saturated carbocycles. The van der Waals surface area contributed by atoms with Crippen LogP contribution in [0.3, 0.4) is 0 Å². The molecule has 2 atom stereocenters.